The van der Waals surface area contributed by atoms with Crippen LogP contribution in [0.15, 0.2) is 29.2 Å². The van der Waals surface area contributed by atoms with Crippen molar-refractivity contribution < 1.29 is 21.6 Å². The lowest BCUT2D eigenvalue weighted by Gasteiger charge is -2.22. The first kappa shape index (κ1) is 15.2. The van der Waals surface area contributed by atoms with Crippen LogP contribution in [0.5, 0.6) is 0 Å². The lowest BCUT2D eigenvalue weighted by atomic mass is 10.2. The molecule has 1 aromatic rings. The van der Waals surface area contributed by atoms with E-state index < -0.39 is 20.2 Å². The molecule has 0 N–H and O–H groups in total. The van der Waals surface area contributed by atoms with Crippen molar-refractivity contribution in [1.29, 1.82) is 0 Å². The lowest BCUT2D eigenvalue weighted by Crippen LogP contribution is -2.25. The predicted octanol–water partition coefficient (Wildman–Crippen LogP) is 3.36. The maximum atomic E-state index is 12.4. The number of halogens is 3. The van der Waals surface area contributed by atoms with Crippen molar-refractivity contribution in [3.05, 3.63) is 24.3 Å². The van der Waals surface area contributed by atoms with Gasteiger partial charge in [-0.15, -0.1) is 0 Å². The number of anilines is 1. The summed E-state index contributed by atoms with van der Waals surface area (Å²) in [5, 5.41) is 0. The second-order valence-corrected chi connectivity index (χ2v) is 6.79. The fourth-order valence-electron chi connectivity index (χ4n) is 2.30. The highest BCUT2D eigenvalue weighted by atomic mass is 32.2. The van der Waals surface area contributed by atoms with E-state index in [-0.39, 0.29) is 0 Å². The van der Waals surface area contributed by atoms with Gasteiger partial charge in [-0.05, 0) is 37.1 Å². The van der Waals surface area contributed by atoms with Crippen molar-refractivity contribution in [3.63, 3.8) is 0 Å². The number of nitrogens with zero attached hydrogens (tertiary/aromatic N) is 1. The lowest BCUT2D eigenvalue weighted by molar-refractivity contribution is -0.0436. The van der Waals surface area contributed by atoms with Crippen molar-refractivity contribution in [2.45, 2.75) is 36.1 Å². The Labute approximate surface area is 116 Å². The monoisotopic (exact) mass is 307 g/mol. The highest BCUT2D eigenvalue weighted by molar-refractivity contribution is 7.92. The maximum absolute atomic E-state index is 12.4. The smallest absolute Gasteiger partial charge is 0.372 e. The first-order valence-electron chi connectivity index (χ1n) is 6.49. The number of alkyl halides is 3. The van der Waals surface area contributed by atoms with E-state index in [1.807, 2.05) is 0 Å². The van der Waals surface area contributed by atoms with Gasteiger partial charge in [-0.1, -0.05) is 12.8 Å². The minimum absolute atomic E-state index is 0.705. The van der Waals surface area contributed by atoms with Crippen LogP contribution >= 0.6 is 0 Å². The molecule has 0 atom stereocenters. The molecule has 0 bridgehead atoms. The molecule has 1 heterocycles. The zero-order valence-electron chi connectivity index (χ0n) is 10.9. The molecule has 2 rings (SSSR count). The highest BCUT2D eigenvalue weighted by Crippen LogP contribution is 2.31. The summed E-state index contributed by atoms with van der Waals surface area (Å²) in [4.78, 5) is 1.38. The van der Waals surface area contributed by atoms with Crippen LogP contribution in [0.4, 0.5) is 18.9 Å². The maximum Gasteiger partial charge on any atom is 0.501 e. The standard InChI is InChI=1S/C13H16F3NO2S/c14-13(15,16)20(18,19)12-7-5-11(6-8-12)17-9-3-1-2-4-10-17/h5-8H,1-4,9-10H2. The van der Waals surface area contributed by atoms with Crippen LogP contribution in [0, 0.1) is 0 Å². The van der Waals surface area contributed by atoms with E-state index in [1.165, 1.54) is 12.1 Å². The van der Waals surface area contributed by atoms with Crippen LogP contribution in [-0.4, -0.2) is 27.0 Å². The molecule has 0 unspecified atom stereocenters. The molecule has 0 saturated carbocycles. The average Bonchev–Trinajstić information content (AvgIpc) is 2.66. The molecule has 20 heavy (non-hydrogen) atoms. The van der Waals surface area contributed by atoms with Crippen LogP contribution in [0.2, 0.25) is 0 Å². The third kappa shape index (κ3) is 3.08. The van der Waals surface area contributed by atoms with Gasteiger partial charge in [0.25, 0.3) is 9.84 Å². The van der Waals surface area contributed by atoms with Crippen molar-refractivity contribution in [3.8, 4) is 0 Å². The summed E-state index contributed by atoms with van der Waals surface area (Å²) in [6.07, 6.45) is 4.39. The van der Waals surface area contributed by atoms with E-state index in [2.05, 4.69) is 4.90 Å². The SMILES string of the molecule is O=S(=O)(c1ccc(N2CCCCCC2)cc1)C(F)(F)F. The Kier molecular flexibility index (Phi) is 4.27. The Morgan fingerprint density at radius 3 is 1.85 bits per heavy atom. The molecule has 0 radical (unpaired) electrons. The molecule has 0 spiro atoms. The molecule has 7 heteroatoms. The van der Waals surface area contributed by atoms with Crippen molar-refractivity contribution >= 4 is 15.5 Å². The van der Waals surface area contributed by atoms with Gasteiger partial charge in [-0.3, -0.25) is 0 Å². The van der Waals surface area contributed by atoms with E-state index in [1.54, 1.807) is 0 Å². The fraction of sp³-hybridized carbons (Fsp3) is 0.538. The van der Waals surface area contributed by atoms with Gasteiger partial charge < -0.3 is 4.90 Å². The topological polar surface area (TPSA) is 37.4 Å². The summed E-state index contributed by atoms with van der Waals surface area (Å²) >= 11 is 0. The van der Waals surface area contributed by atoms with Gasteiger partial charge in [0.2, 0.25) is 0 Å². The largest absolute Gasteiger partial charge is 0.501 e. The number of rotatable bonds is 2. The predicted molar refractivity (Wildman–Crippen MR) is 70.4 cm³/mol. The van der Waals surface area contributed by atoms with E-state index >= 15 is 0 Å². The van der Waals surface area contributed by atoms with Crippen LogP contribution in [0.25, 0.3) is 0 Å². The van der Waals surface area contributed by atoms with E-state index in [4.69, 9.17) is 0 Å². The summed E-state index contributed by atoms with van der Waals surface area (Å²) < 4.78 is 59.8. The van der Waals surface area contributed by atoms with Crippen LogP contribution in [0.1, 0.15) is 25.7 Å². The van der Waals surface area contributed by atoms with Gasteiger partial charge >= 0.3 is 5.51 Å². The minimum atomic E-state index is -5.25. The number of hydrogen-bond acceptors (Lipinski definition) is 3. The summed E-state index contributed by atoms with van der Waals surface area (Å²) in [6, 6.07) is 4.96. The molecule has 1 fully saturated rings. The van der Waals surface area contributed by atoms with E-state index in [0.717, 1.165) is 56.6 Å². The highest BCUT2D eigenvalue weighted by Gasteiger charge is 2.46. The molecule has 0 aromatic heterocycles. The van der Waals surface area contributed by atoms with Crippen molar-refractivity contribution in [2.24, 2.45) is 0 Å². The normalized spacial score (nSPS) is 17.9. The Hall–Kier alpha value is -1.24. The van der Waals surface area contributed by atoms with Gasteiger partial charge in [0.05, 0.1) is 4.90 Å². The number of benzene rings is 1. The molecule has 1 aliphatic rings. The summed E-state index contributed by atoms with van der Waals surface area (Å²) in [5.41, 5.74) is -4.48. The van der Waals surface area contributed by atoms with Gasteiger partial charge in [0.15, 0.2) is 0 Å². The third-order valence-electron chi connectivity index (χ3n) is 3.42. The summed E-state index contributed by atoms with van der Waals surface area (Å²) in [5.74, 6) is 0. The Morgan fingerprint density at radius 1 is 0.900 bits per heavy atom. The first-order valence-corrected chi connectivity index (χ1v) is 7.97. The van der Waals surface area contributed by atoms with Gasteiger partial charge in [0.1, 0.15) is 0 Å². The van der Waals surface area contributed by atoms with Crippen LogP contribution in [0.3, 0.4) is 0 Å². The van der Waals surface area contributed by atoms with Crippen molar-refractivity contribution in [2.75, 3.05) is 18.0 Å². The van der Waals surface area contributed by atoms with Gasteiger partial charge in [0, 0.05) is 18.8 Å². The molecule has 0 aliphatic carbocycles. The molecule has 0 amide bonds. The zero-order valence-corrected chi connectivity index (χ0v) is 11.7. The molecule has 1 aromatic carbocycles. The first-order chi connectivity index (χ1) is 9.32. The Bertz CT molecular complexity index is 544. The molecular weight excluding hydrogens is 291 g/mol. The zero-order chi connectivity index (χ0) is 14.8. The second-order valence-electron chi connectivity index (χ2n) is 4.84. The second kappa shape index (κ2) is 5.63. The van der Waals surface area contributed by atoms with Crippen LogP contribution < -0.4 is 4.90 Å². The molecule has 112 valence electrons. The average molecular weight is 307 g/mol. The van der Waals surface area contributed by atoms with Gasteiger partial charge in [-0.2, -0.15) is 13.2 Å². The summed E-state index contributed by atoms with van der Waals surface area (Å²) in [6.45, 7) is 1.71. The molecular formula is C13H16F3NO2S. The van der Waals surface area contributed by atoms with Crippen molar-refractivity contribution in [1.82, 2.24) is 0 Å². The van der Waals surface area contributed by atoms with E-state index in [9.17, 15) is 21.6 Å². The quantitative estimate of drug-likeness (QED) is 0.841. The molecule has 1 aliphatic heterocycles. The third-order valence-corrected chi connectivity index (χ3v) is 4.93. The Morgan fingerprint density at radius 2 is 1.40 bits per heavy atom. The summed E-state index contributed by atoms with van der Waals surface area (Å²) in [7, 11) is -5.25. The number of sulfone groups is 1. The molecule has 3 nitrogen and oxygen atoms in total. The Balaban J connectivity index is 2.22. The fourth-order valence-corrected chi connectivity index (χ4v) is 3.06. The van der Waals surface area contributed by atoms with Crippen LogP contribution in [-0.2, 0) is 9.84 Å². The molecule has 1 saturated heterocycles. The van der Waals surface area contributed by atoms with E-state index in [0.29, 0.717) is 0 Å². The van der Waals surface area contributed by atoms with Gasteiger partial charge in [-0.25, -0.2) is 8.42 Å². The minimum Gasteiger partial charge on any atom is -0.372 e. The number of hydrogen-bond donors (Lipinski definition) is 0.